The Kier molecular flexibility index (Phi) is 4.88. The molecule has 0 aromatic carbocycles. The van der Waals surface area contributed by atoms with Crippen molar-refractivity contribution >= 4 is 5.91 Å². The van der Waals surface area contributed by atoms with Crippen LogP contribution in [0.5, 0.6) is 0 Å². The van der Waals surface area contributed by atoms with Crippen LogP contribution in [0.15, 0.2) is 0 Å². The summed E-state index contributed by atoms with van der Waals surface area (Å²) in [4.78, 5) is 12.4. The van der Waals surface area contributed by atoms with E-state index in [1.54, 1.807) is 0 Å². The maximum absolute atomic E-state index is 12.4. The third kappa shape index (κ3) is 3.50. The first-order chi connectivity index (χ1) is 8.99. The minimum atomic E-state index is 0.128. The van der Waals surface area contributed by atoms with Crippen LogP contribution in [-0.2, 0) is 4.79 Å². The number of nitrogens with one attached hydrogen (secondary N) is 1. The van der Waals surface area contributed by atoms with Gasteiger partial charge in [0.2, 0.25) is 5.91 Å². The van der Waals surface area contributed by atoms with Gasteiger partial charge in [-0.1, -0.05) is 33.6 Å². The second-order valence-corrected chi connectivity index (χ2v) is 7.11. The standard InChI is InChI=1S/C16H30N2O/c1-10-5-4-6-13(10)9-18-16(19)14-8-15(17)12(3)7-11(14)2/h10-15H,4-9,17H2,1-3H3,(H,18,19). The number of hydrogen-bond acceptors (Lipinski definition) is 2. The van der Waals surface area contributed by atoms with E-state index in [0.29, 0.717) is 17.8 Å². The molecule has 1 amide bonds. The van der Waals surface area contributed by atoms with Gasteiger partial charge in [0.05, 0.1) is 0 Å². The summed E-state index contributed by atoms with van der Waals surface area (Å²) in [5.41, 5.74) is 6.13. The van der Waals surface area contributed by atoms with Crippen LogP contribution in [0.25, 0.3) is 0 Å². The van der Waals surface area contributed by atoms with Crippen LogP contribution in [0.3, 0.4) is 0 Å². The molecule has 2 saturated carbocycles. The molecule has 0 saturated heterocycles. The summed E-state index contributed by atoms with van der Waals surface area (Å²) in [5.74, 6) is 2.85. The molecular formula is C16H30N2O. The Morgan fingerprint density at radius 1 is 1.11 bits per heavy atom. The summed E-state index contributed by atoms with van der Waals surface area (Å²) in [5, 5.41) is 3.20. The Morgan fingerprint density at radius 2 is 1.84 bits per heavy atom. The molecule has 110 valence electrons. The van der Waals surface area contributed by atoms with Crippen molar-refractivity contribution in [3.8, 4) is 0 Å². The molecule has 0 aliphatic heterocycles. The molecule has 0 aromatic rings. The highest BCUT2D eigenvalue weighted by atomic mass is 16.1. The molecule has 6 atom stereocenters. The molecule has 0 radical (unpaired) electrons. The summed E-state index contributed by atoms with van der Waals surface area (Å²) < 4.78 is 0. The molecule has 3 heteroatoms. The molecule has 3 nitrogen and oxygen atoms in total. The Labute approximate surface area is 117 Å². The molecule has 0 aromatic heterocycles. The van der Waals surface area contributed by atoms with E-state index in [0.717, 1.165) is 25.3 Å². The van der Waals surface area contributed by atoms with Crippen molar-refractivity contribution < 1.29 is 4.79 Å². The van der Waals surface area contributed by atoms with Gasteiger partial charge in [0.1, 0.15) is 0 Å². The van der Waals surface area contributed by atoms with Crippen molar-refractivity contribution in [2.75, 3.05) is 6.54 Å². The average Bonchev–Trinajstić information content (AvgIpc) is 2.76. The lowest BCUT2D eigenvalue weighted by Crippen LogP contribution is -2.46. The van der Waals surface area contributed by atoms with Gasteiger partial charge in [-0.25, -0.2) is 0 Å². The van der Waals surface area contributed by atoms with E-state index >= 15 is 0 Å². The summed E-state index contributed by atoms with van der Waals surface area (Å²) in [6.07, 6.45) is 5.86. The zero-order chi connectivity index (χ0) is 14.0. The van der Waals surface area contributed by atoms with Gasteiger partial charge in [-0.3, -0.25) is 4.79 Å². The second kappa shape index (κ2) is 6.25. The van der Waals surface area contributed by atoms with E-state index in [-0.39, 0.29) is 17.9 Å². The highest BCUT2D eigenvalue weighted by Crippen LogP contribution is 2.34. The molecule has 0 bridgehead atoms. The first-order valence-electron chi connectivity index (χ1n) is 8.02. The van der Waals surface area contributed by atoms with E-state index in [1.165, 1.54) is 19.3 Å². The lowest BCUT2D eigenvalue weighted by Gasteiger charge is -2.36. The van der Waals surface area contributed by atoms with E-state index in [1.807, 2.05) is 0 Å². The lowest BCUT2D eigenvalue weighted by atomic mass is 9.72. The van der Waals surface area contributed by atoms with Crippen molar-refractivity contribution in [2.45, 2.75) is 58.9 Å². The summed E-state index contributed by atoms with van der Waals surface area (Å²) in [7, 11) is 0. The van der Waals surface area contributed by atoms with Crippen LogP contribution in [0.4, 0.5) is 0 Å². The topological polar surface area (TPSA) is 55.1 Å². The molecule has 19 heavy (non-hydrogen) atoms. The largest absolute Gasteiger partial charge is 0.356 e. The first kappa shape index (κ1) is 14.8. The van der Waals surface area contributed by atoms with Gasteiger partial charge in [-0.05, 0) is 42.9 Å². The van der Waals surface area contributed by atoms with Gasteiger partial charge < -0.3 is 11.1 Å². The van der Waals surface area contributed by atoms with E-state index < -0.39 is 0 Å². The zero-order valence-electron chi connectivity index (χ0n) is 12.7. The summed E-state index contributed by atoms with van der Waals surface area (Å²) in [6, 6.07) is 0.192. The number of carbonyl (C=O) groups excluding carboxylic acids is 1. The Bertz CT molecular complexity index is 318. The van der Waals surface area contributed by atoms with Crippen LogP contribution in [-0.4, -0.2) is 18.5 Å². The SMILES string of the molecule is CC1CC(C)C(C(=O)NCC2CCCC2C)CC1N. The molecule has 3 N–H and O–H groups in total. The normalized spacial score (nSPS) is 43.2. The monoisotopic (exact) mass is 266 g/mol. The predicted octanol–water partition coefficient (Wildman–Crippen LogP) is 2.55. The van der Waals surface area contributed by atoms with Crippen molar-refractivity contribution in [1.29, 1.82) is 0 Å². The van der Waals surface area contributed by atoms with E-state index in [9.17, 15) is 4.79 Å². The Balaban J connectivity index is 1.82. The van der Waals surface area contributed by atoms with E-state index in [2.05, 4.69) is 26.1 Å². The van der Waals surface area contributed by atoms with Crippen LogP contribution in [0, 0.1) is 29.6 Å². The molecule has 2 rings (SSSR count). The molecule has 2 fully saturated rings. The maximum atomic E-state index is 12.4. The van der Waals surface area contributed by atoms with Gasteiger partial charge in [0, 0.05) is 18.5 Å². The fraction of sp³-hybridized carbons (Fsp3) is 0.938. The smallest absolute Gasteiger partial charge is 0.223 e. The number of carbonyl (C=O) groups is 1. The average molecular weight is 266 g/mol. The van der Waals surface area contributed by atoms with Gasteiger partial charge in [0.25, 0.3) is 0 Å². The van der Waals surface area contributed by atoms with Gasteiger partial charge in [-0.15, -0.1) is 0 Å². The zero-order valence-corrected chi connectivity index (χ0v) is 12.7. The van der Waals surface area contributed by atoms with Crippen LogP contribution < -0.4 is 11.1 Å². The van der Waals surface area contributed by atoms with Crippen molar-refractivity contribution in [3.63, 3.8) is 0 Å². The van der Waals surface area contributed by atoms with Gasteiger partial charge in [0.15, 0.2) is 0 Å². The van der Waals surface area contributed by atoms with Crippen LogP contribution in [0.1, 0.15) is 52.9 Å². The predicted molar refractivity (Wildman–Crippen MR) is 78.5 cm³/mol. The lowest BCUT2D eigenvalue weighted by molar-refractivity contribution is -0.128. The third-order valence-electron chi connectivity index (χ3n) is 5.60. The number of rotatable bonds is 3. The second-order valence-electron chi connectivity index (χ2n) is 7.11. The fourth-order valence-corrected chi connectivity index (χ4v) is 3.94. The van der Waals surface area contributed by atoms with Gasteiger partial charge in [-0.2, -0.15) is 0 Å². The highest BCUT2D eigenvalue weighted by Gasteiger charge is 2.35. The Morgan fingerprint density at radius 3 is 2.47 bits per heavy atom. The molecule has 0 heterocycles. The quantitative estimate of drug-likeness (QED) is 0.825. The fourth-order valence-electron chi connectivity index (χ4n) is 3.94. The van der Waals surface area contributed by atoms with Crippen molar-refractivity contribution in [2.24, 2.45) is 35.3 Å². The number of hydrogen-bond donors (Lipinski definition) is 2. The number of amides is 1. The van der Waals surface area contributed by atoms with E-state index in [4.69, 9.17) is 5.73 Å². The van der Waals surface area contributed by atoms with Crippen molar-refractivity contribution in [1.82, 2.24) is 5.32 Å². The molecule has 2 aliphatic rings. The first-order valence-corrected chi connectivity index (χ1v) is 8.02. The van der Waals surface area contributed by atoms with Crippen LogP contribution >= 0.6 is 0 Å². The minimum absolute atomic E-state index is 0.128. The molecule has 2 aliphatic carbocycles. The van der Waals surface area contributed by atoms with Crippen molar-refractivity contribution in [3.05, 3.63) is 0 Å². The Hall–Kier alpha value is -0.570. The molecule has 0 spiro atoms. The molecular weight excluding hydrogens is 236 g/mol. The summed E-state index contributed by atoms with van der Waals surface area (Å²) >= 11 is 0. The molecule has 6 unspecified atom stereocenters. The highest BCUT2D eigenvalue weighted by molar-refractivity contribution is 5.79. The maximum Gasteiger partial charge on any atom is 0.223 e. The van der Waals surface area contributed by atoms with Gasteiger partial charge >= 0.3 is 0 Å². The third-order valence-corrected chi connectivity index (χ3v) is 5.60. The minimum Gasteiger partial charge on any atom is -0.356 e. The number of nitrogens with two attached hydrogens (primary N) is 1. The summed E-state index contributed by atoms with van der Waals surface area (Å²) in [6.45, 7) is 7.58. The van der Waals surface area contributed by atoms with Crippen LogP contribution in [0.2, 0.25) is 0 Å².